The van der Waals surface area contributed by atoms with Crippen molar-refractivity contribution in [2.75, 3.05) is 0 Å². The molecule has 0 aliphatic heterocycles. The van der Waals surface area contributed by atoms with Gasteiger partial charge in [0, 0.05) is 6.07 Å². The summed E-state index contributed by atoms with van der Waals surface area (Å²) in [5.41, 5.74) is -0.961. The standard InChI is InChI=1S/C7H4F3O/c8-7(9,10)5-2-1-3-6(11)4-5/h1-3,11H. The quantitative estimate of drug-likeness (QED) is 0.618. The average Bonchev–Trinajstić information content (AvgIpc) is 1.86. The lowest BCUT2D eigenvalue weighted by molar-refractivity contribution is -0.137. The van der Waals surface area contributed by atoms with Crippen LogP contribution < -0.4 is 0 Å². The highest BCUT2D eigenvalue weighted by atomic mass is 19.4. The molecule has 0 fully saturated rings. The van der Waals surface area contributed by atoms with E-state index >= 15 is 0 Å². The molecule has 1 aromatic carbocycles. The lowest BCUT2D eigenvalue weighted by Gasteiger charge is -2.04. The first-order chi connectivity index (χ1) is 5.00. The fourth-order valence-electron chi connectivity index (χ4n) is 0.622. The second kappa shape index (κ2) is 2.45. The summed E-state index contributed by atoms with van der Waals surface area (Å²) in [6, 6.07) is 4.88. The minimum absolute atomic E-state index is 0.500. The van der Waals surface area contributed by atoms with Crippen LogP contribution in [0.25, 0.3) is 0 Å². The van der Waals surface area contributed by atoms with E-state index < -0.39 is 17.5 Å². The molecule has 59 valence electrons. The Balaban J connectivity index is 3.06. The average molecular weight is 161 g/mol. The SMILES string of the molecule is Oc1[c]c(C(F)(F)F)ccc1. The van der Waals surface area contributed by atoms with Crippen molar-refractivity contribution in [2.24, 2.45) is 0 Å². The summed E-state index contributed by atoms with van der Waals surface area (Å²) in [6.07, 6.45) is -4.43. The van der Waals surface area contributed by atoms with E-state index in [2.05, 4.69) is 0 Å². The number of benzene rings is 1. The number of halogens is 3. The van der Waals surface area contributed by atoms with E-state index in [-0.39, 0.29) is 0 Å². The second-order valence-corrected chi connectivity index (χ2v) is 1.95. The molecule has 4 heteroatoms. The first-order valence-corrected chi connectivity index (χ1v) is 2.78. The molecule has 0 spiro atoms. The van der Waals surface area contributed by atoms with Crippen molar-refractivity contribution in [3.8, 4) is 5.75 Å². The number of hydrogen-bond acceptors (Lipinski definition) is 1. The van der Waals surface area contributed by atoms with E-state index in [1.807, 2.05) is 0 Å². The summed E-state index contributed by atoms with van der Waals surface area (Å²) in [4.78, 5) is 0. The minimum atomic E-state index is -4.43. The van der Waals surface area contributed by atoms with Crippen LogP contribution >= 0.6 is 0 Å². The maximum Gasteiger partial charge on any atom is 0.417 e. The molecule has 0 heterocycles. The van der Waals surface area contributed by atoms with Gasteiger partial charge in [-0.15, -0.1) is 0 Å². The Morgan fingerprint density at radius 1 is 1.27 bits per heavy atom. The number of aromatic hydroxyl groups is 1. The van der Waals surface area contributed by atoms with E-state index in [1.54, 1.807) is 6.07 Å². The van der Waals surface area contributed by atoms with Crippen LogP contribution in [0.3, 0.4) is 0 Å². The molecule has 0 unspecified atom stereocenters. The molecule has 0 aromatic heterocycles. The largest absolute Gasteiger partial charge is 0.507 e. The van der Waals surface area contributed by atoms with Crippen molar-refractivity contribution in [3.05, 3.63) is 29.8 Å². The Labute approximate surface area is 61.1 Å². The van der Waals surface area contributed by atoms with Gasteiger partial charge in [0.05, 0.1) is 5.56 Å². The van der Waals surface area contributed by atoms with Crippen molar-refractivity contribution in [2.45, 2.75) is 6.18 Å². The third-order valence-electron chi connectivity index (χ3n) is 1.09. The van der Waals surface area contributed by atoms with Gasteiger partial charge >= 0.3 is 6.18 Å². The van der Waals surface area contributed by atoms with E-state index in [9.17, 15) is 13.2 Å². The molecule has 1 aromatic rings. The van der Waals surface area contributed by atoms with Crippen molar-refractivity contribution in [1.29, 1.82) is 0 Å². The van der Waals surface area contributed by atoms with Crippen molar-refractivity contribution < 1.29 is 18.3 Å². The topological polar surface area (TPSA) is 20.2 Å². The van der Waals surface area contributed by atoms with Crippen LogP contribution in [0.5, 0.6) is 5.75 Å². The van der Waals surface area contributed by atoms with Crippen LogP contribution in [-0.4, -0.2) is 5.11 Å². The number of rotatable bonds is 0. The monoisotopic (exact) mass is 161 g/mol. The molecule has 1 nitrogen and oxygen atoms in total. The zero-order valence-corrected chi connectivity index (χ0v) is 5.31. The molecule has 1 N–H and O–H groups in total. The van der Waals surface area contributed by atoms with Crippen LogP contribution in [0.1, 0.15) is 5.56 Å². The lowest BCUT2D eigenvalue weighted by Crippen LogP contribution is -2.04. The Hall–Kier alpha value is -1.19. The van der Waals surface area contributed by atoms with E-state index in [1.165, 1.54) is 0 Å². The Morgan fingerprint density at radius 3 is 2.27 bits per heavy atom. The number of phenols is 1. The summed E-state index contributed by atoms with van der Waals surface area (Å²) >= 11 is 0. The molecule has 0 atom stereocenters. The molecular formula is C7H4F3O. The van der Waals surface area contributed by atoms with E-state index in [0.717, 1.165) is 18.2 Å². The Kier molecular flexibility index (Phi) is 1.76. The molecule has 11 heavy (non-hydrogen) atoms. The lowest BCUT2D eigenvalue weighted by atomic mass is 10.2. The molecule has 0 bridgehead atoms. The molecule has 1 rings (SSSR count). The summed E-state index contributed by atoms with van der Waals surface area (Å²) in [5.74, 6) is -0.500. The molecule has 1 radical (unpaired) electrons. The molecule has 0 aliphatic carbocycles. The third kappa shape index (κ3) is 1.86. The van der Waals surface area contributed by atoms with Gasteiger partial charge in [-0.05, 0) is 12.1 Å². The van der Waals surface area contributed by atoms with Gasteiger partial charge in [0.1, 0.15) is 5.75 Å². The zero-order valence-electron chi connectivity index (χ0n) is 5.31. The van der Waals surface area contributed by atoms with Crippen LogP contribution in [0.2, 0.25) is 0 Å². The maximum absolute atomic E-state index is 11.8. The van der Waals surface area contributed by atoms with Crippen molar-refractivity contribution in [3.63, 3.8) is 0 Å². The van der Waals surface area contributed by atoms with Crippen LogP contribution in [0, 0.1) is 6.07 Å². The number of hydrogen-bond donors (Lipinski definition) is 1. The van der Waals surface area contributed by atoms with E-state index in [0.29, 0.717) is 0 Å². The normalized spacial score (nSPS) is 11.5. The smallest absolute Gasteiger partial charge is 0.417 e. The Morgan fingerprint density at radius 2 is 1.91 bits per heavy atom. The van der Waals surface area contributed by atoms with Crippen LogP contribution in [-0.2, 0) is 6.18 Å². The van der Waals surface area contributed by atoms with Gasteiger partial charge in [-0.3, -0.25) is 0 Å². The highest BCUT2D eigenvalue weighted by Gasteiger charge is 2.30. The third-order valence-corrected chi connectivity index (χ3v) is 1.09. The van der Waals surface area contributed by atoms with Crippen molar-refractivity contribution in [1.82, 2.24) is 0 Å². The maximum atomic E-state index is 11.8. The summed E-state index contributed by atoms with van der Waals surface area (Å²) in [7, 11) is 0. The first kappa shape index (κ1) is 7.91. The molecular weight excluding hydrogens is 157 g/mol. The van der Waals surface area contributed by atoms with Crippen LogP contribution in [0.15, 0.2) is 18.2 Å². The van der Waals surface area contributed by atoms with Gasteiger partial charge in [-0.2, -0.15) is 13.2 Å². The highest BCUT2D eigenvalue weighted by molar-refractivity contribution is 5.27. The highest BCUT2D eigenvalue weighted by Crippen LogP contribution is 2.30. The molecule has 0 amide bonds. The fraction of sp³-hybridized carbons (Fsp3) is 0.143. The minimum Gasteiger partial charge on any atom is -0.507 e. The fourth-order valence-corrected chi connectivity index (χ4v) is 0.622. The molecule has 0 saturated carbocycles. The van der Waals surface area contributed by atoms with Gasteiger partial charge in [-0.1, -0.05) is 6.07 Å². The van der Waals surface area contributed by atoms with Gasteiger partial charge in [0.15, 0.2) is 0 Å². The van der Waals surface area contributed by atoms with Crippen molar-refractivity contribution >= 4 is 0 Å². The zero-order chi connectivity index (χ0) is 8.48. The Bertz CT molecular complexity index is 254. The molecule has 0 saturated heterocycles. The predicted molar refractivity (Wildman–Crippen MR) is 31.9 cm³/mol. The van der Waals surface area contributed by atoms with E-state index in [4.69, 9.17) is 5.11 Å². The first-order valence-electron chi connectivity index (χ1n) is 2.78. The number of phenolic OH excluding ortho intramolecular Hbond substituents is 1. The van der Waals surface area contributed by atoms with Gasteiger partial charge in [0.25, 0.3) is 0 Å². The number of alkyl halides is 3. The summed E-state index contributed by atoms with van der Waals surface area (Å²) in [6.45, 7) is 0. The van der Waals surface area contributed by atoms with Gasteiger partial charge in [-0.25, -0.2) is 0 Å². The summed E-state index contributed by atoms with van der Waals surface area (Å²) in [5, 5.41) is 8.62. The predicted octanol–water partition coefficient (Wildman–Crippen LogP) is 2.21. The van der Waals surface area contributed by atoms with Gasteiger partial charge < -0.3 is 5.11 Å². The summed E-state index contributed by atoms with van der Waals surface area (Å²) < 4.78 is 35.5. The van der Waals surface area contributed by atoms with Gasteiger partial charge in [0.2, 0.25) is 0 Å². The molecule has 0 aliphatic rings. The second-order valence-electron chi connectivity index (χ2n) is 1.95. The van der Waals surface area contributed by atoms with Crippen LogP contribution in [0.4, 0.5) is 13.2 Å².